The lowest BCUT2D eigenvalue weighted by Crippen LogP contribution is -2.57. The Labute approximate surface area is 159 Å². The normalized spacial score (nSPS) is 38.3. The predicted molar refractivity (Wildman–Crippen MR) is 101 cm³/mol. The molecule has 0 radical (unpaired) electrons. The number of ketones is 1. The lowest BCUT2D eigenvalue weighted by Gasteiger charge is -2.53. The molecule has 1 saturated carbocycles. The standard InChI is InChI=1S/C22H26N2O3/c1-26-22-21(25)17-9-13(27-22)8-12-11-24-7-6-15-14-4-2-3-5-18(14)23-20(15)19(24)10-16(12)17/h2-5,12-13,16-17,19,22-23H,6-11H2,1H3/t12-,13?,16+,17-,19?,22+/m1/s1. The third-order valence-corrected chi connectivity index (χ3v) is 7.57. The van der Waals surface area contributed by atoms with Gasteiger partial charge in [-0.3, -0.25) is 9.69 Å². The van der Waals surface area contributed by atoms with Crippen LogP contribution in [0, 0.1) is 17.8 Å². The molecule has 1 aliphatic carbocycles. The minimum Gasteiger partial charge on any atom is -0.357 e. The third kappa shape index (κ3) is 2.31. The quantitative estimate of drug-likeness (QED) is 0.843. The minimum absolute atomic E-state index is 0.101. The van der Waals surface area contributed by atoms with Gasteiger partial charge in [0.2, 0.25) is 6.29 Å². The van der Waals surface area contributed by atoms with Crippen LogP contribution in [0.1, 0.15) is 36.6 Å². The number of fused-ring (bicyclic) bond motifs is 9. The van der Waals surface area contributed by atoms with Crippen LogP contribution in [0.25, 0.3) is 10.9 Å². The maximum absolute atomic E-state index is 12.9. The number of rotatable bonds is 1. The molecule has 5 heteroatoms. The number of hydrogen-bond acceptors (Lipinski definition) is 4. The maximum Gasteiger partial charge on any atom is 0.218 e. The second-order valence-electron chi connectivity index (χ2n) is 8.79. The molecular formula is C22H26N2O3. The van der Waals surface area contributed by atoms with Gasteiger partial charge < -0.3 is 14.5 Å². The van der Waals surface area contributed by atoms with Crippen molar-refractivity contribution < 1.29 is 14.3 Å². The van der Waals surface area contributed by atoms with Gasteiger partial charge >= 0.3 is 0 Å². The third-order valence-electron chi connectivity index (χ3n) is 7.57. The topological polar surface area (TPSA) is 54.6 Å². The van der Waals surface area contributed by atoms with E-state index in [4.69, 9.17) is 9.47 Å². The number of aromatic amines is 1. The van der Waals surface area contributed by atoms with Crippen molar-refractivity contribution in [2.24, 2.45) is 17.8 Å². The van der Waals surface area contributed by atoms with Crippen LogP contribution in [0.2, 0.25) is 0 Å². The molecule has 0 amide bonds. The van der Waals surface area contributed by atoms with Gasteiger partial charge in [0, 0.05) is 42.7 Å². The highest BCUT2D eigenvalue weighted by molar-refractivity contribution is 5.86. The van der Waals surface area contributed by atoms with Crippen molar-refractivity contribution >= 4 is 16.7 Å². The Morgan fingerprint density at radius 2 is 2.11 bits per heavy atom. The summed E-state index contributed by atoms with van der Waals surface area (Å²) in [6, 6.07) is 9.07. The summed E-state index contributed by atoms with van der Waals surface area (Å²) in [4.78, 5) is 19.3. The summed E-state index contributed by atoms with van der Waals surface area (Å²) in [7, 11) is 1.58. The maximum atomic E-state index is 12.9. The molecular weight excluding hydrogens is 340 g/mol. The Kier molecular flexibility index (Phi) is 3.56. The van der Waals surface area contributed by atoms with Crippen molar-refractivity contribution in [3.63, 3.8) is 0 Å². The van der Waals surface area contributed by atoms with Crippen LogP contribution in [-0.2, 0) is 20.7 Å². The van der Waals surface area contributed by atoms with Crippen LogP contribution >= 0.6 is 0 Å². The Morgan fingerprint density at radius 1 is 1.22 bits per heavy atom. The van der Waals surface area contributed by atoms with Gasteiger partial charge in [-0.25, -0.2) is 0 Å². The van der Waals surface area contributed by atoms with E-state index >= 15 is 0 Å². The van der Waals surface area contributed by atoms with E-state index in [1.165, 1.54) is 22.2 Å². The van der Waals surface area contributed by atoms with Gasteiger partial charge in [-0.1, -0.05) is 18.2 Å². The highest BCUT2D eigenvalue weighted by atomic mass is 16.7. The summed E-state index contributed by atoms with van der Waals surface area (Å²) in [6.45, 7) is 2.21. The Balaban J connectivity index is 1.36. The second-order valence-corrected chi connectivity index (χ2v) is 8.79. The fourth-order valence-corrected chi connectivity index (χ4v) is 6.40. The number of piperidine rings is 1. The molecule has 142 valence electrons. The average Bonchev–Trinajstić information content (AvgIpc) is 3.08. The van der Waals surface area contributed by atoms with E-state index in [-0.39, 0.29) is 17.8 Å². The van der Waals surface area contributed by atoms with E-state index in [9.17, 15) is 4.79 Å². The van der Waals surface area contributed by atoms with Crippen LogP contribution in [0.4, 0.5) is 0 Å². The molecule has 2 aromatic rings. The second kappa shape index (κ2) is 5.90. The van der Waals surface area contributed by atoms with Crippen molar-refractivity contribution in [1.29, 1.82) is 0 Å². The van der Waals surface area contributed by atoms with Crippen molar-refractivity contribution in [1.82, 2.24) is 9.88 Å². The van der Waals surface area contributed by atoms with E-state index in [1.54, 1.807) is 7.11 Å². The summed E-state index contributed by atoms with van der Waals surface area (Å²) in [5.74, 6) is 1.29. The fourth-order valence-electron chi connectivity index (χ4n) is 6.40. The Hall–Kier alpha value is -1.69. The van der Waals surface area contributed by atoms with Gasteiger partial charge in [0.15, 0.2) is 5.78 Å². The largest absolute Gasteiger partial charge is 0.357 e. The zero-order valence-corrected chi connectivity index (χ0v) is 15.7. The van der Waals surface area contributed by atoms with Crippen molar-refractivity contribution in [3.05, 3.63) is 35.5 Å². The van der Waals surface area contributed by atoms with Crippen molar-refractivity contribution in [3.8, 4) is 0 Å². The lowest BCUT2D eigenvalue weighted by atomic mass is 9.63. The van der Waals surface area contributed by atoms with Crippen molar-refractivity contribution in [2.75, 3.05) is 20.2 Å². The molecule has 2 saturated heterocycles. The van der Waals surface area contributed by atoms with E-state index in [2.05, 4.69) is 34.1 Å². The van der Waals surface area contributed by atoms with Gasteiger partial charge in [-0.2, -0.15) is 0 Å². The molecule has 2 unspecified atom stereocenters. The van der Waals surface area contributed by atoms with Gasteiger partial charge in [-0.05, 0) is 49.1 Å². The van der Waals surface area contributed by atoms with Crippen molar-refractivity contribution in [2.45, 2.75) is 44.1 Å². The van der Waals surface area contributed by atoms with E-state index < -0.39 is 6.29 Å². The predicted octanol–water partition coefficient (Wildman–Crippen LogP) is 3.05. The minimum atomic E-state index is -0.650. The van der Waals surface area contributed by atoms with Gasteiger partial charge in [0.1, 0.15) is 0 Å². The van der Waals surface area contributed by atoms with Crippen LogP contribution < -0.4 is 0 Å². The van der Waals surface area contributed by atoms with Crippen LogP contribution in [0.5, 0.6) is 0 Å². The summed E-state index contributed by atoms with van der Waals surface area (Å²) < 4.78 is 11.2. The first kappa shape index (κ1) is 16.3. The van der Waals surface area contributed by atoms with Crippen LogP contribution in [0.3, 0.4) is 0 Å². The first-order valence-electron chi connectivity index (χ1n) is 10.3. The Bertz CT molecular complexity index is 906. The number of carbonyl (C=O) groups excluding carboxylic acids is 1. The molecule has 3 aliphatic heterocycles. The van der Waals surface area contributed by atoms with Gasteiger partial charge in [0.05, 0.1) is 12.1 Å². The smallest absolute Gasteiger partial charge is 0.218 e. The first-order valence-corrected chi connectivity index (χ1v) is 10.3. The molecule has 6 atom stereocenters. The number of ether oxygens (including phenoxy) is 2. The highest BCUT2D eigenvalue weighted by Gasteiger charge is 2.52. The van der Waals surface area contributed by atoms with Crippen LogP contribution in [0.15, 0.2) is 24.3 Å². The number of Topliss-reactive ketones (excluding diaryl/α,β-unsaturated/α-hetero) is 1. The summed E-state index contributed by atoms with van der Waals surface area (Å²) in [6.07, 6.45) is 3.67. The Morgan fingerprint density at radius 3 is 3.00 bits per heavy atom. The molecule has 6 rings (SSSR count). The number of hydrogen-bond donors (Lipinski definition) is 1. The summed E-state index contributed by atoms with van der Waals surface area (Å²) >= 11 is 0. The zero-order chi connectivity index (χ0) is 18.1. The van der Waals surface area contributed by atoms with E-state index in [0.29, 0.717) is 17.9 Å². The SMILES string of the molecule is CO[C@H]1OC2C[C@@H]3CN4CCc5c([nH]c6ccccc56)C4C[C@@H]3[C@@H](C2)C1=O. The molecule has 3 fully saturated rings. The monoisotopic (exact) mass is 366 g/mol. The number of nitrogens with one attached hydrogen (secondary N) is 1. The summed E-state index contributed by atoms with van der Waals surface area (Å²) in [5.41, 5.74) is 4.13. The van der Waals surface area contributed by atoms with Gasteiger partial charge in [-0.15, -0.1) is 0 Å². The number of nitrogens with zero attached hydrogens (tertiary/aromatic N) is 1. The molecule has 0 spiro atoms. The molecule has 5 nitrogen and oxygen atoms in total. The number of H-pyrrole nitrogens is 1. The van der Waals surface area contributed by atoms with Crippen LogP contribution in [-0.4, -0.2) is 48.3 Å². The summed E-state index contributed by atoms with van der Waals surface area (Å²) in [5, 5.41) is 1.37. The van der Waals surface area contributed by atoms with E-state index in [0.717, 1.165) is 38.8 Å². The highest BCUT2D eigenvalue weighted by Crippen LogP contribution is 2.51. The average molecular weight is 366 g/mol. The number of methoxy groups -OCH3 is 1. The molecule has 4 aliphatic rings. The van der Waals surface area contributed by atoms with E-state index in [1.807, 2.05) is 0 Å². The molecule has 1 N–H and O–H groups in total. The zero-order valence-electron chi connectivity index (χ0n) is 15.7. The molecule has 1 aromatic heterocycles. The molecule has 4 heterocycles. The molecule has 1 aromatic carbocycles. The molecule has 2 bridgehead atoms. The number of aromatic nitrogens is 1. The fraction of sp³-hybridized carbons (Fsp3) is 0.591. The first-order chi connectivity index (χ1) is 13.2. The number of benzene rings is 1. The lowest BCUT2D eigenvalue weighted by molar-refractivity contribution is -0.217. The number of para-hydroxylation sites is 1. The number of carbonyl (C=O) groups is 1. The van der Waals surface area contributed by atoms with Gasteiger partial charge in [0.25, 0.3) is 0 Å². The molecule has 27 heavy (non-hydrogen) atoms.